The highest BCUT2D eigenvalue weighted by molar-refractivity contribution is 7.13. The second kappa shape index (κ2) is 7.59. The summed E-state index contributed by atoms with van der Waals surface area (Å²) in [5.41, 5.74) is 7.95. The number of nitrogens with zero attached hydrogens (tertiary/aromatic N) is 1. The quantitative estimate of drug-likeness (QED) is 0.673. The molecule has 1 aromatic carbocycles. The van der Waals surface area contributed by atoms with E-state index in [1.165, 1.54) is 11.3 Å². The fraction of sp³-hybridized carbons (Fsp3) is 0.389. The summed E-state index contributed by atoms with van der Waals surface area (Å²) in [4.78, 5) is 28.4. The predicted octanol–water partition coefficient (Wildman–Crippen LogP) is 2.99. The number of nitrogen functional groups attached to an aromatic ring is 1. The number of nitrogens with two attached hydrogens (primary N) is 1. The normalized spacial score (nSPS) is 17.4. The van der Waals surface area contributed by atoms with Crippen molar-refractivity contribution in [3.8, 4) is 0 Å². The molecule has 6 nitrogen and oxygen atoms in total. The number of amides is 2. The maximum absolute atomic E-state index is 12.9. The Morgan fingerprint density at radius 2 is 2.15 bits per heavy atom. The van der Waals surface area contributed by atoms with Crippen molar-refractivity contribution in [2.24, 2.45) is 5.92 Å². The van der Waals surface area contributed by atoms with Crippen LogP contribution in [0.2, 0.25) is 0 Å². The minimum Gasteiger partial charge on any atom is -0.375 e. The second-order valence-corrected chi connectivity index (χ2v) is 7.52. The van der Waals surface area contributed by atoms with Crippen LogP contribution in [0.15, 0.2) is 23.6 Å². The van der Waals surface area contributed by atoms with Crippen LogP contribution in [0.1, 0.15) is 34.5 Å². The van der Waals surface area contributed by atoms with Crippen LogP contribution in [-0.2, 0) is 11.2 Å². The Morgan fingerprint density at radius 3 is 2.78 bits per heavy atom. The first-order chi connectivity index (χ1) is 12.7. The molecule has 1 atom stereocenters. The molecule has 3 rings (SSSR count). The number of aromatic nitrogens is 1. The first-order valence-corrected chi connectivity index (χ1v) is 9.39. The van der Waals surface area contributed by atoms with Crippen LogP contribution in [0.3, 0.4) is 0 Å². The van der Waals surface area contributed by atoms with E-state index in [4.69, 9.17) is 5.73 Å². The molecule has 0 spiro atoms. The Morgan fingerprint density at radius 1 is 1.41 bits per heavy atom. The zero-order valence-corrected chi connectivity index (χ0v) is 15.5. The number of carbonyl (C=O) groups is 2. The maximum atomic E-state index is 12.9. The fourth-order valence-corrected chi connectivity index (χ4v) is 3.25. The van der Waals surface area contributed by atoms with Gasteiger partial charge >= 0.3 is 0 Å². The summed E-state index contributed by atoms with van der Waals surface area (Å²) in [5, 5.41) is 7.73. The molecule has 0 radical (unpaired) electrons. The first-order valence-electron chi connectivity index (χ1n) is 8.51. The highest BCUT2D eigenvalue weighted by Crippen LogP contribution is 2.50. The van der Waals surface area contributed by atoms with Gasteiger partial charge < -0.3 is 16.4 Å². The third-order valence-corrected chi connectivity index (χ3v) is 5.12. The van der Waals surface area contributed by atoms with Crippen LogP contribution < -0.4 is 16.4 Å². The summed E-state index contributed by atoms with van der Waals surface area (Å²) in [6, 6.07) is 4.90. The van der Waals surface area contributed by atoms with Crippen molar-refractivity contribution in [2.45, 2.75) is 32.1 Å². The molecule has 4 N–H and O–H groups in total. The number of anilines is 2. The molecule has 1 aliphatic rings. The van der Waals surface area contributed by atoms with Crippen molar-refractivity contribution < 1.29 is 18.4 Å². The molecular formula is C18H20F2N4O2S. The number of benzene rings is 1. The van der Waals surface area contributed by atoms with Crippen LogP contribution in [0.25, 0.3) is 0 Å². The molecule has 1 saturated carbocycles. The van der Waals surface area contributed by atoms with E-state index in [9.17, 15) is 18.4 Å². The summed E-state index contributed by atoms with van der Waals surface area (Å²) in [6.07, 6.45) is 0.0939. The van der Waals surface area contributed by atoms with E-state index in [1.807, 2.05) is 5.38 Å². The second-order valence-electron chi connectivity index (χ2n) is 6.63. The minimum atomic E-state index is -2.73. The van der Waals surface area contributed by atoms with Gasteiger partial charge in [0.15, 0.2) is 5.13 Å². The average Bonchev–Trinajstić information content (AvgIpc) is 2.98. The van der Waals surface area contributed by atoms with Crippen LogP contribution in [-0.4, -0.2) is 29.3 Å². The summed E-state index contributed by atoms with van der Waals surface area (Å²) >= 11 is 1.34. The lowest BCUT2D eigenvalue weighted by atomic mass is 10.1. The number of aryl methyl sites for hydroxylation is 1. The van der Waals surface area contributed by atoms with E-state index in [-0.39, 0.29) is 18.7 Å². The zero-order valence-electron chi connectivity index (χ0n) is 14.7. The lowest BCUT2D eigenvalue weighted by Crippen LogP contribution is -2.26. The molecule has 1 heterocycles. The molecule has 1 unspecified atom stereocenters. The molecule has 2 amide bonds. The van der Waals surface area contributed by atoms with Crippen LogP contribution in [0.5, 0.6) is 0 Å². The Balaban J connectivity index is 1.55. The SMILES string of the molecule is Cc1ccc(C(=O)NCCc2csc(N)n2)cc1NC(=O)CC1CC1(F)F. The predicted molar refractivity (Wildman–Crippen MR) is 100 cm³/mol. The van der Waals surface area contributed by atoms with Crippen molar-refractivity contribution >= 4 is 34.0 Å². The van der Waals surface area contributed by atoms with Gasteiger partial charge in [-0.15, -0.1) is 11.3 Å². The number of halogens is 2. The van der Waals surface area contributed by atoms with Crippen molar-refractivity contribution in [1.82, 2.24) is 10.3 Å². The Kier molecular flexibility index (Phi) is 5.41. The minimum absolute atomic E-state index is 0.223. The Hall–Kier alpha value is -2.55. The smallest absolute Gasteiger partial charge is 0.252 e. The monoisotopic (exact) mass is 394 g/mol. The number of hydrogen-bond acceptors (Lipinski definition) is 5. The topological polar surface area (TPSA) is 97.1 Å². The third kappa shape index (κ3) is 5.00. The molecule has 0 saturated heterocycles. The van der Waals surface area contributed by atoms with Gasteiger partial charge in [-0.3, -0.25) is 9.59 Å². The number of hydrogen-bond donors (Lipinski definition) is 3. The van der Waals surface area contributed by atoms with Gasteiger partial charge in [0.25, 0.3) is 11.8 Å². The summed E-state index contributed by atoms with van der Waals surface area (Å²) in [7, 11) is 0. The summed E-state index contributed by atoms with van der Waals surface area (Å²) in [5.74, 6) is -4.37. The van der Waals surface area contributed by atoms with E-state index in [1.54, 1.807) is 25.1 Å². The van der Waals surface area contributed by atoms with Gasteiger partial charge in [0.05, 0.1) is 5.69 Å². The lowest BCUT2D eigenvalue weighted by Gasteiger charge is -2.11. The van der Waals surface area contributed by atoms with Gasteiger partial charge in [0, 0.05) is 48.4 Å². The van der Waals surface area contributed by atoms with Gasteiger partial charge in [-0.1, -0.05) is 6.07 Å². The number of alkyl halides is 2. The van der Waals surface area contributed by atoms with E-state index in [0.717, 1.165) is 11.3 Å². The van der Waals surface area contributed by atoms with Crippen molar-refractivity contribution in [2.75, 3.05) is 17.6 Å². The van der Waals surface area contributed by atoms with Crippen molar-refractivity contribution in [3.63, 3.8) is 0 Å². The standard InChI is InChI=1S/C18H20F2N4O2S/c1-10-2-3-11(16(26)22-5-4-13-9-27-17(21)23-13)6-14(10)24-15(25)7-12-8-18(12,19)20/h2-3,6,9,12H,4-5,7-8H2,1H3,(H2,21,23)(H,22,26)(H,24,25). The van der Waals surface area contributed by atoms with Gasteiger partial charge in [0.1, 0.15) is 0 Å². The van der Waals surface area contributed by atoms with Crippen LogP contribution in [0, 0.1) is 12.8 Å². The summed E-state index contributed by atoms with van der Waals surface area (Å²) < 4.78 is 25.9. The van der Waals surface area contributed by atoms with Crippen LogP contribution in [0.4, 0.5) is 19.6 Å². The molecule has 2 aromatic rings. The molecule has 144 valence electrons. The number of thiazole rings is 1. The van der Waals surface area contributed by atoms with E-state index in [0.29, 0.717) is 29.3 Å². The van der Waals surface area contributed by atoms with Crippen molar-refractivity contribution in [3.05, 3.63) is 40.4 Å². The molecule has 1 fully saturated rings. The molecule has 0 bridgehead atoms. The highest BCUT2D eigenvalue weighted by Gasteiger charge is 2.57. The van der Waals surface area contributed by atoms with E-state index >= 15 is 0 Å². The van der Waals surface area contributed by atoms with E-state index < -0.39 is 17.7 Å². The number of carbonyl (C=O) groups excluding carboxylic acids is 2. The number of rotatable bonds is 7. The first kappa shape index (κ1) is 19.2. The maximum Gasteiger partial charge on any atom is 0.252 e. The zero-order chi connectivity index (χ0) is 19.6. The lowest BCUT2D eigenvalue weighted by molar-refractivity contribution is -0.117. The molecule has 1 aromatic heterocycles. The van der Waals surface area contributed by atoms with Crippen molar-refractivity contribution in [1.29, 1.82) is 0 Å². The van der Waals surface area contributed by atoms with Gasteiger partial charge in [-0.2, -0.15) is 0 Å². The number of nitrogens with one attached hydrogen (secondary N) is 2. The molecular weight excluding hydrogens is 374 g/mol. The molecule has 0 aliphatic heterocycles. The Bertz CT molecular complexity index is 869. The van der Waals surface area contributed by atoms with Gasteiger partial charge in [-0.05, 0) is 24.6 Å². The van der Waals surface area contributed by atoms with Crippen LogP contribution >= 0.6 is 11.3 Å². The summed E-state index contributed by atoms with van der Waals surface area (Å²) in [6.45, 7) is 2.17. The fourth-order valence-electron chi connectivity index (χ4n) is 2.66. The highest BCUT2D eigenvalue weighted by atomic mass is 32.1. The van der Waals surface area contributed by atoms with Gasteiger partial charge in [-0.25, -0.2) is 13.8 Å². The molecule has 1 aliphatic carbocycles. The largest absolute Gasteiger partial charge is 0.375 e. The third-order valence-electron chi connectivity index (χ3n) is 4.40. The Labute approximate surface area is 159 Å². The van der Waals surface area contributed by atoms with Gasteiger partial charge in [0.2, 0.25) is 5.91 Å². The molecule has 27 heavy (non-hydrogen) atoms. The average molecular weight is 394 g/mol. The molecule has 9 heteroatoms. The van der Waals surface area contributed by atoms with E-state index in [2.05, 4.69) is 15.6 Å².